The van der Waals surface area contributed by atoms with E-state index in [0.717, 1.165) is 12.5 Å². The molecular formula is C21H34OSi. The van der Waals surface area contributed by atoms with Gasteiger partial charge < -0.3 is 4.74 Å². The Morgan fingerprint density at radius 3 is 2.48 bits per heavy atom. The van der Waals surface area contributed by atoms with Crippen molar-refractivity contribution in [2.24, 2.45) is 11.8 Å². The minimum absolute atomic E-state index is 0.0762. The summed E-state index contributed by atoms with van der Waals surface area (Å²) in [5.41, 5.74) is 1.39. The molecule has 1 heterocycles. The van der Waals surface area contributed by atoms with Crippen molar-refractivity contribution in [3.8, 4) is 0 Å². The molecule has 0 aliphatic carbocycles. The highest BCUT2D eigenvalue weighted by Crippen LogP contribution is 2.36. The maximum Gasteiger partial charge on any atom is 0.0655 e. The fourth-order valence-electron chi connectivity index (χ4n) is 3.70. The van der Waals surface area contributed by atoms with Crippen LogP contribution in [0, 0.1) is 11.8 Å². The number of rotatable bonds is 7. The van der Waals surface area contributed by atoms with E-state index in [-0.39, 0.29) is 5.60 Å². The maximum atomic E-state index is 5.91. The Balaban J connectivity index is 1.98. The molecule has 2 rings (SSSR count). The van der Waals surface area contributed by atoms with Crippen molar-refractivity contribution in [1.29, 1.82) is 0 Å². The van der Waals surface area contributed by atoms with Crippen LogP contribution < -0.4 is 0 Å². The molecule has 1 aromatic carbocycles. The number of allylic oxidation sites excluding steroid dienone is 1. The van der Waals surface area contributed by atoms with Crippen LogP contribution in [0.3, 0.4) is 0 Å². The van der Waals surface area contributed by atoms with Crippen LogP contribution in [-0.2, 0) is 4.74 Å². The van der Waals surface area contributed by atoms with Crippen LogP contribution >= 0.6 is 0 Å². The van der Waals surface area contributed by atoms with Crippen LogP contribution in [0.25, 0.3) is 6.08 Å². The van der Waals surface area contributed by atoms with Crippen molar-refractivity contribution in [2.45, 2.75) is 64.4 Å². The van der Waals surface area contributed by atoms with E-state index in [2.05, 4.69) is 76.0 Å². The topological polar surface area (TPSA) is 9.23 Å². The van der Waals surface area contributed by atoms with E-state index in [1.807, 2.05) is 0 Å². The van der Waals surface area contributed by atoms with Gasteiger partial charge in [-0.3, -0.25) is 0 Å². The lowest BCUT2D eigenvalue weighted by Gasteiger charge is -2.28. The van der Waals surface area contributed by atoms with Gasteiger partial charge in [0.25, 0.3) is 0 Å². The van der Waals surface area contributed by atoms with Crippen molar-refractivity contribution in [2.75, 3.05) is 6.61 Å². The Kier molecular flexibility index (Phi) is 6.27. The fraction of sp³-hybridized carbons (Fsp3) is 0.619. The van der Waals surface area contributed by atoms with Gasteiger partial charge in [-0.2, -0.15) is 0 Å². The molecule has 1 fully saturated rings. The van der Waals surface area contributed by atoms with Gasteiger partial charge in [0.15, 0.2) is 0 Å². The predicted molar refractivity (Wildman–Crippen MR) is 104 cm³/mol. The normalized spacial score (nSPS) is 22.6. The molecule has 128 valence electrons. The fourth-order valence-corrected chi connectivity index (χ4v) is 5.61. The zero-order chi connectivity index (χ0) is 16.9. The van der Waals surface area contributed by atoms with Crippen molar-refractivity contribution in [1.82, 2.24) is 0 Å². The summed E-state index contributed by atoms with van der Waals surface area (Å²) in [5, 5.41) is 0. The summed E-state index contributed by atoms with van der Waals surface area (Å²) in [6.45, 7) is 12.9. The lowest BCUT2D eigenvalue weighted by atomic mass is 9.85. The van der Waals surface area contributed by atoms with Gasteiger partial charge in [0, 0.05) is 14.7 Å². The molecule has 0 amide bonds. The highest BCUT2D eigenvalue weighted by molar-refractivity contribution is 6.76. The number of hydrogen-bond donors (Lipinski definition) is 0. The average molecular weight is 331 g/mol. The molecule has 2 unspecified atom stereocenters. The molecule has 0 N–H and O–H groups in total. The highest BCUT2D eigenvalue weighted by Gasteiger charge is 2.35. The lowest BCUT2D eigenvalue weighted by Crippen LogP contribution is -2.28. The first-order valence-corrected chi connectivity index (χ1v) is 12.8. The van der Waals surface area contributed by atoms with Gasteiger partial charge in [-0.05, 0) is 50.5 Å². The summed E-state index contributed by atoms with van der Waals surface area (Å²) in [5.74, 6) is 1.43. The van der Waals surface area contributed by atoms with E-state index in [4.69, 9.17) is 4.74 Å². The first-order chi connectivity index (χ1) is 10.8. The van der Waals surface area contributed by atoms with Gasteiger partial charge in [-0.15, -0.1) is 0 Å². The lowest BCUT2D eigenvalue weighted by molar-refractivity contribution is 0.00834. The Hall–Kier alpha value is -0.863. The van der Waals surface area contributed by atoms with E-state index < -0.39 is 8.07 Å². The molecule has 1 aliphatic heterocycles. The summed E-state index contributed by atoms with van der Waals surface area (Å²) < 4.78 is 5.91. The molecule has 2 atom stereocenters. The summed E-state index contributed by atoms with van der Waals surface area (Å²) >= 11 is 0. The zero-order valence-electron chi connectivity index (χ0n) is 15.6. The monoisotopic (exact) mass is 330 g/mol. The third-order valence-corrected chi connectivity index (χ3v) is 6.79. The standard InChI is InChI=1S/C21H34OSi/c1-21(2)20(15-16-22-21)14-13-19(17-23(3,4)5)12-11-18-9-7-6-8-10-18/h6-12,19-20H,13-17H2,1-5H3/b12-11+. The third-order valence-electron chi connectivity index (χ3n) is 5.04. The number of benzene rings is 1. The number of hydrogen-bond acceptors (Lipinski definition) is 1. The summed E-state index contributed by atoms with van der Waals surface area (Å²) in [6.07, 6.45) is 8.61. The molecule has 1 nitrogen and oxygen atoms in total. The van der Waals surface area contributed by atoms with E-state index in [0.29, 0.717) is 5.92 Å². The second-order valence-corrected chi connectivity index (χ2v) is 14.3. The Morgan fingerprint density at radius 2 is 1.91 bits per heavy atom. The Morgan fingerprint density at radius 1 is 1.22 bits per heavy atom. The molecule has 0 radical (unpaired) electrons. The second-order valence-electron chi connectivity index (χ2n) is 8.81. The van der Waals surface area contributed by atoms with E-state index in [9.17, 15) is 0 Å². The van der Waals surface area contributed by atoms with E-state index in [1.165, 1.54) is 30.9 Å². The largest absolute Gasteiger partial charge is 0.375 e. The molecular weight excluding hydrogens is 296 g/mol. The van der Waals surface area contributed by atoms with Crippen LogP contribution in [0.5, 0.6) is 0 Å². The van der Waals surface area contributed by atoms with E-state index >= 15 is 0 Å². The molecule has 0 spiro atoms. The molecule has 2 heteroatoms. The predicted octanol–water partition coefficient (Wildman–Crippen LogP) is 6.25. The summed E-state index contributed by atoms with van der Waals surface area (Å²) in [6, 6.07) is 12.1. The third kappa shape index (κ3) is 6.27. The average Bonchev–Trinajstić information content (AvgIpc) is 2.80. The molecule has 1 saturated heterocycles. The van der Waals surface area contributed by atoms with Gasteiger partial charge >= 0.3 is 0 Å². The maximum absolute atomic E-state index is 5.91. The van der Waals surface area contributed by atoms with Gasteiger partial charge in [0.1, 0.15) is 0 Å². The van der Waals surface area contributed by atoms with Gasteiger partial charge in [0.2, 0.25) is 0 Å². The first kappa shape index (κ1) is 18.5. The van der Waals surface area contributed by atoms with Crippen LogP contribution in [0.4, 0.5) is 0 Å². The van der Waals surface area contributed by atoms with Crippen molar-refractivity contribution >= 4 is 14.1 Å². The molecule has 0 aromatic heterocycles. The van der Waals surface area contributed by atoms with Crippen LogP contribution in [0.1, 0.15) is 38.7 Å². The quantitative estimate of drug-likeness (QED) is 0.537. The second kappa shape index (κ2) is 7.81. The molecule has 1 aliphatic rings. The van der Waals surface area contributed by atoms with Crippen molar-refractivity contribution < 1.29 is 4.74 Å². The molecule has 0 saturated carbocycles. The smallest absolute Gasteiger partial charge is 0.0655 e. The SMILES string of the molecule is CC1(C)OCCC1CCC(/C=C/c1ccccc1)C[Si](C)(C)C. The molecule has 1 aromatic rings. The van der Waals surface area contributed by atoms with Crippen LogP contribution in [0.2, 0.25) is 25.7 Å². The van der Waals surface area contributed by atoms with Crippen LogP contribution in [0.15, 0.2) is 36.4 Å². The number of ether oxygens (including phenoxy) is 1. The molecule has 23 heavy (non-hydrogen) atoms. The van der Waals surface area contributed by atoms with Gasteiger partial charge in [-0.1, -0.05) is 68.2 Å². The van der Waals surface area contributed by atoms with E-state index in [1.54, 1.807) is 0 Å². The molecule has 0 bridgehead atoms. The van der Waals surface area contributed by atoms with Crippen LogP contribution in [-0.4, -0.2) is 20.3 Å². The zero-order valence-corrected chi connectivity index (χ0v) is 16.6. The first-order valence-electron chi connectivity index (χ1n) is 9.13. The Labute approximate surface area is 144 Å². The minimum atomic E-state index is -1.05. The van der Waals surface area contributed by atoms with Crippen molar-refractivity contribution in [3.05, 3.63) is 42.0 Å². The summed E-state index contributed by atoms with van der Waals surface area (Å²) in [7, 11) is -1.05. The highest BCUT2D eigenvalue weighted by atomic mass is 28.3. The summed E-state index contributed by atoms with van der Waals surface area (Å²) in [4.78, 5) is 0. The minimum Gasteiger partial charge on any atom is -0.375 e. The van der Waals surface area contributed by atoms with Gasteiger partial charge in [-0.25, -0.2) is 0 Å². The Bertz CT molecular complexity index is 498. The van der Waals surface area contributed by atoms with Gasteiger partial charge in [0.05, 0.1) is 5.60 Å². The van der Waals surface area contributed by atoms with Crippen molar-refractivity contribution in [3.63, 3.8) is 0 Å².